The van der Waals surface area contributed by atoms with Gasteiger partial charge in [-0.2, -0.15) is 0 Å². The van der Waals surface area contributed by atoms with Crippen molar-refractivity contribution in [3.05, 3.63) is 42.7 Å². The van der Waals surface area contributed by atoms with Gasteiger partial charge in [-0.05, 0) is 23.7 Å². The van der Waals surface area contributed by atoms with Crippen molar-refractivity contribution in [2.75, 3.05) is 32.8 Å². The molecule has 0 atom stereocenters. The summed E-state index contributed by atoms with van der Waals surface area (Å²) in [6.45, 7) is 0.869. The van der Waals surface area contributed by atoms with Crippen LogP contribution in [-0.4, -0.2) is 54.6 Å². The fraction of sp³-hybridized carbons (Fsp3) is 0.222. The highest BCUT2D eigenvalue weighted by Crippen LogP contribution is 2.34. The number of rotatable bonds is 8. The Hall–Kier alpha value is -2.88. The molecule has 0 saturated heterocycles. The van der Waals surface area contributed by atoms with Crippen molar-refractivity contribution >= 4 is 35.0 Å². The van der Waals surface area contributed by atoms with Crippen molar-refractivity contribution in [2.45, 2.75) is 0 Å². The molecule has 0 aliphatic heterocycles. The standard InChI is InChI=1S/C18H20BN3O5/c1-25-7-8-27-17-10-15-14(9-16(17)26-2)18(21-11-20-15)22-13-5-3-12(4-6-13)19(23)24/h3-6,9-11,23-24H,7-8H2,1-2H3,(H,20,21,22). The van der Waals surface area contributed by atoms with Crippen LogP contribution in [0.1, 0.15) is 0 Å². The van der Waals surface area contributed by atoms with Gasteiger partial charge in [0.2, 0.25) is 0 Å². The van der Waals surface area contributed by atoms with Crippen LogP contribution in [0, 0.1) is 0 Å². The lowest BCUT2D eigenvalue weighted by atomic mass is 9.80. The van der Waals surface area contributed by atoms with Crippen molar-refractivity contribution in [3.8, 4) is 11.5 Å². The van der Waals surface area contributed by atoms with Crippen LogP contribution >= 0.6 is 0 Å². The molecular formula is C18H20BN3O5. The minimum Gasteiger partial charge on any atom is -0.493 e. The van der Waals surface area contributed by atoms with E-state index in [0.29, 0.717) is 41.5 Å². The molecule has 0 aliphatic rings. The van der Waals surface area contributed by atoms with Gasteiger partial charge in [0.15, 0.2) is 11.5 Å². The third-order valence-corrected chi connectivity index (χ3v) is 3.94. The maximum atomic E-state index is 9.19. The predicted octanol–water partition coefficient (Wildman–Crippen LogP) is 1.09. The second kappa shape index (κ2) is 8.67. The van der Waals surface area contributed by atoms with Gasteiger partial charge in [-0.3, -0.25) is 0 Å². The van der Waals surface area contributed by atoms with E-state index in [-0.39, 0.29) is 0 Å². The first kappa shape index (κ1) is 18.9. The Labute approximate surface area is 156 Å². The average molecular weight is 369 g/mol. The second-order valence-electron chi connectivity index (χ2n) is 5.70. The Kier molecular flexibility index (Phi) is 6.07. The van der Waals surface area contributed by atoms with E-state index in [4.69, 9.17) is 14.2 Å². The molecular weight excluding hydrogens is 349 g/mol. The zero-order chi connectivity index (χ0) is 19.2. The molecule has 8 nitrogen and oxygen atoms in total. The van der Waals surface area contributed by atoms with Crippen LogP contribution in [0.3, 0.4) is 0 Å². The number of nitrogens with one attached hydrogen (secondary N) is 1. The van der Waals surface area contributed by atoms with E-state index in [9.17, 15) is 10.0 Å². The summed E-state index contributed by atoms with van der Waals surface area (Å²) in [5, 5.41) is 22.3. The first-order valence-electron chi connectivity index (χ1n) is 8.30. The zero-order valence-corrected chi connectivity index (χ0v) is 15.0. The number of benzene rings is 2. The zero-order valence-electron chi connectivity index (χ0n) is 15.0. The average Bonchev–Trinajstić information content (AvgIpc) is 2.68. The Bertz CT molecular complexity index is 905. The van der Waals surface area contributed by atoms with Gasteiger partial charge in [0.1, 0.15) is 18.8 Å². The summed E-state index contributed by atoms with van der Waals surface area (Å²) < 4.78 is 16.1. The van der Waals surface area contributed by atoms with Gasteiger partial charge in [0, 0.05) is 24.2 Å². The number of hydrogen-bond donors (Lipinski definition) is 3. The largest absolute Gasteiger partial charge is 0.493 e. The van der Waals surface area contributed by atoms with E-state index in [0.717, 1.165) is 11.1 Å². The van der Waals surface area contributed by atoms with E-state index in [2.05, 4.69) is 15.3 Å². The van der Waals surface area contributed by atoms with Crippen LogP contribution in [0.2, 0.25) is 0 Å². The summed E-state index contributed by atoms with van der Waals surface area (Å²) in [5.74, 6) is 1.74. The molecule has 3 N–H and O–H groups in total. The molecule has 0 spiro atoms. The number of fused-ring (bicyclic) bond motifs is 1. The Morgan fingerprint density at radius 1 is 1.00 bits per heavy atom. The van der Waals surface area contributed by atoms with Crippen LogP contribution in [0.25, 0.3) is 10.9 Å². The van der Waals surface area contributed by atoms with Crippen molar-refractivity contribution in [2.24, 2.45) is 0 Å². The number of hydrogen-bond acceptors (Lipinski definition) is 8. The molecule has 0 radical (unpaired) electrons. The Morgan fingerprint density at radius 2 is 1.78 bits per heavy atom. The SMILES string of the molecule is COCCOc1cc2ncnc(Nc3ccc(B(O)O)cc3)c2cc1OC. The third-order valence-electron chi connectivity index (χ3n) is 3.94. The van der Waals surface area contributed by atoms with Gasteiger partial charge in [0.05, 0.1) is 19.2 Å². The highest BCUT2D eigenvalue weighted by atomic mass is 16.5. The molecule has 0 unspecified atom stereocenters. The van der Waals surface area contributed by atoms with E-state index < -0.39 is 7.12 Å². The van der Waals surface area contributed by atoms with Crippen molar-refractivity contribution in [1.29, 1.82) is 0 Å². The molecule has 3 aromatic rings. The first-order valence-corrected chi connectivity index (χ1v) is 8.30. The van der Waals surface area contributed by atoms with Gasteiger partial charge in [0.25, 0.3) is 0 Å². The number of anilines is 2. The quantitative estimate of drug-likeness (QED) is 0.400. The molecule has 0 aliphatic carbocycles. The number of nitrogens with zero attached hydrogens (tertiary/aromatic N) is 2. The predicted molar refractivity (Wildman–Crippen MR) is 103 cm³/mol. The number of methoxy groups -OCH3 is 2. The van der Waals surface area contributed by atoms with Crippen molar-refractivity contribution in [3.63, 3.8) is 0 Å². The second-order valence-corrected chi connectivity index (χ2v) is 5.70. The molecule has 1 heterocycles. The summed E-state index contributed by atoms with van der Waals surface area (Å²) in [4.78, 5) is 8.60. The summed E-state index contributed by atoms with van der Waals surface area (Å²) >= 11 is 0. The molecule has 0 fully saturated rings. The van der Waals surface area contributed by atoms with E-state index in [1.54, 1.807) is 44.6 Å². The lowest BCUT2D eigenvalue weighted by Crippen LogP contribution is -2.29. The molecule has 27 heavy (non-hydrogen) atoms. The molecule has 2 aromatic carbocycles. The summed E-state index contributed by atoms with van der Waals surface area (Å²) in [5.41, 5.74) is 1.86. The first-order chi connectivity index (χ1) is 13.1. The van der Waals surface area contributed by atoms with Gasteiger partial charge in [-0.15, -0.1) is 0 Å². The molecule has 140 valence electrons. The Balaban J connectivity index is 1.91. The highest BCUT2D eigenvalue weighted by Gasteiger charge is 2.13. The van der Waals surface area contributed by atoms with Gasteiger partial charge in [-0.1, -0.05) is 12.1 Å². The van der Waals surface area contributed by atoms with Crippen molar-refractivity contribution < 1.29 is 24.3 Å². The summed E-state index contributed by atoms with van der Waals surface area (Å²) in [7, 11) is 1.68. The van der Waals surface area contributed by atoms with Gasteiger partial charge in [-0.25, -0.2) is 9.97 Å². The number of aromatic nitrogens is 2. The normalized spacial score (nSPS) is 10.7. The van der Waals surface area contributed by atoms with Crippen LogP contribution in [-0.2, 0) is 4.74 Å². The van der Waals surface area contributed by atoms with Crippen LogP contribution in [0.15, 0.2) is 42.7 Å². The molecule has 0 saturated carbocycles. The van der Waals surface area contributed by atoms with E-state index in [1.807, 2.05) is 6.07 Å². The Morgan fingerprint density at radius 3 is 2.44 bits per heavy atom. The molecule has 0 amide bonds. The maximum Gasteiger partial charge on any atom is 0.488 e. The van der Waals surface area contributed by atoms with Gasteiger partial charge >= 0.3 is 7.12 Å². The lowest BCUT2D eigenvalue weighted by Gasteiger charge is -2.13. The van der Waals surface area contributed by atoms with E-state index >= 15 is 0 Å². The monoisotopic (exact) mass is 369 g/mol. The molecule has 0 bridgehead atoms. The summed E-state index contributed by atoms with van der Waals surface area (Å²) in [6, 6.07) is 10.3. The van der Waals surface area contributed by atoms with Crippen LogP contribution in [0.5, 0.6) is 11.5 Å². The molecule has 1 aromatic heterocycles. The fourth-order valence-corrected chi connectivity index (χ4v) is 2.55. The highest BCUT2D eigenvalue weighted by molar-refractivity contribution is 6.58. The van der Waals surface area contributed by atoms with Crippen LogP contribution in [0.4, 0.5) is 11.5 Å². The molecule has 3 rings (SSSR count). The topological polar surface area (TPSA) is 106 Å². The maximum absolute atomic E-state index is 9.19. The van der Waals surface area contributed by atoms with Crippen molar-refractivity contribution in [1.82, 2.24) is 9.97 Å². The number of ether oxygens (including phenoxy) is 3. The minimum absolute atomic E-state index is 0.400. The van der Waals surface area contributed by atoms with Crippen LogP contribution < -0.4 is 20.3 Å². The third kappa shape index (κ3) is 4.46. The fourth-order valence-electron chi connectivity index (χ4n) is 2.55. The van der Waals surface area contributed by atoms with Gasteiger partial charge < -0.3 is 29.6 Å². The summed E-state index contributed by atoms with van der Waals surface area (Å²) in [6.07, 6.45) is 1.46. The minimum atomic E-state index is -1.50. The molecule has 9 heteroatoms. The lowest BCUT2D eigenvalue weighted by molar-refractivity contribution is 0.144. The van der Waals surface area contributed by atoms with E-state index in [1.165, 1.54) is 6.33 Å². The smallest absolute Gasteiger partial charge is 0.488 e.